The van der Waals surface area contributed by atoms with E-state index in [4.69, 9.17) is 56.4 Å². The van der Waals surface area contributed by atoms with Crippen LogP contribution in [0.1, 0.15) is 45.5 Å². The van der Waals surface area contributed by atoms with Gasteiger partial charge in [0, 0.05) is 54.2 Å². The number of aromatic nitrogens is 1. The monoisotopic (exact) mass is 754 g/mol. The van der Waals surface area contributed by atoms with Crippen molar-refractivity contribution in [3.8, 4) is 0 Å². The molecule has 4 unspecified atom stereocenters. The number of halogens is 4. The Balaban J connectivity index is 1.29. The van der Waals surface area contributed by atoms with Crippen LogP contribution < -0.4 is 5.32 Å². The predicted molar refractivity (Wildman–Crippen MR) is 217 cm³/mol. The first-order valence-corrected chi connectivity index (χ1v) is 18.6. The Labute approximate surface area is 322 Å². The number of hydrogen-bond donors (Lipinski definition) is 2. The van der Waals surface area contributed by atoms with E-state index < -0.39 is 0 Å². The molecule has 1 aromatic heterocycles. The topological polar surface area (TPSA) is 52.5 Å². The summed E-state index contributed by atoms with van der Waals surface area (Å²) < 4.78 is 0. The molecule has 4 nitrogen and oxygen atoms in total. The first kappa shape index (κ1) is 33.0. The zero-order valence-electron chi connectivity index (χ0n) is 27.6. The summed E-state index contributed by atoms with van der Waals surface area (Å²) in [6, 6.07) is 36.0. The molecule has 2 N–H and O–H groups in total. The molecule has 4 aliphatic rings. The summed E-state index contributed by atoms with van der Waals surface area (Å²) in [5.74, 6) is -0.235. The third kappa shape index (κ3) is 6.20. The zero-order chi connectivity index (χ0) is 35.3. The SMILES string of the molecule is Clc1ccc(C2=C3C=CC(=N3)C(c3ccc(Cl)cc3)C3C=CC(=N3)/C(c3ccc(Cl)cc3)=C3/C=CC(N3)C(c3ccc(Cl)cc3)c3ccc2[nH]3)cc1. The third-order valence-corrected chi connectivity index (χ3v) is 11.0. The number of benzene rings is 4. The molecule has 0 saturated carbocycles. The molecule has 5 heterocycles. The van der Waals surface area contributed by atoms with Crippen LogP contribution in [0.3, 0.4) is 0 Å². The molecule has 8 heteroatoms. The Morgan fingerprint density at radius 3 is 1.73 bits per heavy atom. The molecule has 9 rings (SSSR count). The minimum Gasteiger partial charge on any atom is -0.377 e. The standard InChI is InChI=1S/C44H30Cl4N4/c45-29-9-1-25(2-10-29)41-33-17-19-35(49-33)42(26-3-11-30(46)12-4-26)37-21-23-39(51-37)44(28-7-15-32(48)16-8-28)40-24-22-38(52-40)43(36-20-18-34(41)50-36)27-5-13-31(47)14-6-27/h1-24,33,39,41,44,49-50H/b42-35-,43-38?. The molecule has 0 spiro atoms. The van der Waals surface area contributed by atoms with E-state index in [9.17, 15) is 0 Å². The highest BCUT2D eigenvalue weighted by molar-refractivity contribution is 6.33. The summed E-state index contributed by atoms with van der Waals surface area (Å²) >= 11 is 25.5. The van der Waals surface area contributed by atoms with Gasteiger partial charge in [0.25, 0.3) is 0 Å². The van der Waals surface area contributed by atoms with Gasteiger partial charge >= 0.3 is 0 Å². The average molecular weight is 757 g/mol. The molecule has 52 heavy (non-hydrogen) atoms. The first-order valence-electron chi connectivity index (χ1n) is 17.1. The van der Waals surface area contributed by atoms with E-state index in [0.717, 1.165) is 67.6 Å². The van der Waals surface area contributed by atoms with Crippen LogP contribution in [0.25, 0.3) is 11.1 Å². The number of rotatable bonds is 4. The Morgan fingerprint density at radius 1 is 0.519 bits per heavy atom. The molecular weight excluding hydrogens is 726 g/mol. The van der Waals surface area contributed by atoms with E-state index in [1.54, 1.807) is 0 Å². The zero-order valence-corrected chi connectivity index (χ0v) is 30.6. The average Bonchev–Trinajstić information content (AvgIpc) is 3.99. The van der Waals surface area contributed by atoms with Crippen LogP contribution in [0.5, 0.6) is 0 Å². The molecule has 0 radical (unpaired) electrons. The molecule has 4 atom stereocenters. The highest BCUT2D eigenvalue weighted by Crippen LogP contribution is 2.40. The van der Waals surface area contributed by atoms with Crippen LogP contribution in [0, 0.1) is 0 Å². The number of fused-ring (bicyclic) bond motifs is 6. The van der Waals surface area contributed by atoms with Gasteiger partial charge in [-0.25, -0.2) is 0 Å². The number of nitrogens with one attached hydrogen (secondary N) is 2. The number of aliphatic imine (C=N–C) groups is 2. The van der Waals surface area contributed by atoms with Gasteiger partial charge in [0.2, 0.25) is 0 Å². The molecule has 0 saturated heterocycles. The molecule has 0 aliphatic carbocycles. The minimum absolute atomic E-state index is 0.0723. The van der Waals surface area contributed by atoms with Crippen LogP contribution in [-0.4, -0.2) is 28.5 Å². The van der Waals surface area contributed by atoms with Gasteiger partial charge in [-0.05, 0) is 107 Å². The van der Waals surface area contributed by atoms with Crippen LogP contribution in [0.15, 0.2) is 167 Å². The summed E-state index contributed by atoms with van der Waals surface area (Å²) in [7, 11) is 0. The number of allylic oxidation sites excluding steroid dienone is 5. The fourth-order valence-corrected chi connectivity index (χ4v) is 8.11. The van der Waals surface area contributed by atoms with Crippen molar-refractivity contribution in [2.45, 2.75) is 23.9 Å². The van der Waals surface area contributed by atoms with E-state index in [-0.39, 0.29) is 23.9 Å². The molecule has 0 amide bonds. The quantitative estimate of drug-likeness (QED) is 0.189. The third-order valence-electron chi connectivity index (χ3n) is 10.0. The second-order valence-electron chi connectivity index (χ2n) is 13.2. The van der Waals surface area contributed by atoms with Gasteiger partial charge in [-0.1, -0.05) is 107 Å². The summed E-state index contributed by atoms with van der Waals surface area (Å²) in [5.41, 5.74) is 11.9. The largest absolute Gasteiger partial charge is 0.377 e. The highest BCUT2D eigenvalue weighted by Gasteiger charge is 2.34. The molecule has 0 fully saturated rings. The van der Waals surface area contributed by atoms with Crippen molar-refractivity contribution in [2.24, 2.45) is 9.98 Å². The van der Waals surface area contributed by atoms with Crippen molar-refractivity contribution in [2.75, 3.05) is 0 Å². The lowest BCUT2D eigenvalue weighted by atomic mass is 9.87. The summed E-state index contributed by atoms with van der Waals surface area (Å²) in [4.78, 5) is 14.6. The summed E-state index contributed by atoms with van der Waals surface area (Å²) in [5, 5.41) is 6.63. The number of nitrogens with zero attached hydrogens (tertiary/aromatic N) is 2. The van der Waals surface area contributed by atoms with Crippen molar-refractivity contribution in [3.63, 3.8) is 0 Å². The van der Waals surface area contributed by atoms with Gasteiger partial charge in [-0.2, -0.15) is 0 Å². The van der Waals surface area contributed by atoms with E-state index in [1.165, 1.54) is 0 Å². The Kier molecular flexibility index (Phi) is 8.65. The maximum absolute atomic E-state index is 6.39. The molecule has 4 aromatic carbocycles. The van der Waals surface area contributed by atoms with Gasteiger partial charge in [0.05, 0.1) is 35.1 Å². The van der Waals surface area contributed by atoms with E-state index in [0.29, 0.717) is 20.1 Å². The van der Waals surface area contributed by atoms with Crippen molar-refractivity contribution in [3.05, 3.63) is 211 Å². The highest BCUT2D eigenvalue weighted by atomic mass is 35.5. The maximum atomic E-state index is 6.39. The van der Waals surface area contributed by atoms with E-state index in [2.05, 4.69) is 95.3 Å². The number of hydrogen-bond acceptors (Lipinski definition) is 3. The summed E-state index contributed by atoms with van der Waals surface area (Å²) in [6.45, 7) is 0. The fourth-order valence-electron chi connectivity index (χ4n) is 7.60. The lowest BCUT2D eigenvalue weighted by Crippen LogP contribution is -2.30. The predicted octanol–water partition coefficient (Wildman–Crippen LogP) is 11.6. The van der Waals surface area contributed by atoms with Crippen molar-refractivity contribution < 1.29 is 0 Å². The van der Waals surface area contributed by atoms with Crippen molar-refractivity contribution in [1.82, 2.24) is 10.3 Å². The maximum Gasteiger partial charge on any atom is 0.0815 e. The Bertz CT molecular complexity index is 2410. The smallest absolute Gasteiger partial charge is 0.0815 e. The number of aromatic amines is 1. The molecular formula is C44H30Cl4N4. The molecule has 254 valence electrons. The van der Waals surface area contributed by atoms with E-state index >= 15 is 0 Å². The Morgan fingerprint density at radius 2 is 1.10 bits per heavy atom. The molecule has 4 aliphatic heterocycles. The van der Waals surface area contributed by atoms with Crippen molar-refractivity contribution in [1.29, 1.82) is 0 Å². The van der Waals surface area contributed by atoms with Gasteiger partial charge in [0.15, 0.2) is 0 Å². The second kappa shape index (κ2) is 13.6. The van der Waals surface area contributed by atoms with Gasteiger partial charge < -0.3 is 10.3 Å². The van der Waals surface area contributed by atoms with Gasteiger partial charge in [-0.3, -0.25) is 9.98 Å². The second-order valence-corrected chi connectivity index (χ2v) is 15.0. The normalized spacial score (nSPS) is 23.2. The van der Waals surface area contributed by atoms with Gasteiger partial charge in [0.1, 0.15) is 0 Å². The Hall–Kier alpha value is -4.84. The lowest BCUT2D eigenvalue weighted by Gasteiger charge is -2.25. The van der Waals surface area contributed by atoms with E-state index in [1.807, 2.05) is 60.7 Å². The molecule has 8 bridgehead atoms. The van der Waals surface area contributed by atoms with Crippen molar-refractivity contribution >= 4 is 69.0 Å². The van der Waals surface area contributed by atoms with Crippen LogP contribution in [-0.2, 0) is 0 Å². The van der Waals surface area contributed by atoms with Crippen LogP contribution >= 0.6 is 46.4 Å². The summed E-state index contributed by atoms with van der Waals surface area (Å²) in [6.07, 6.45) is 13.0. The first-order chi connectivity index (χ1) is 25.4. The molecule has 5 aromatic rings. The number of H-pyrrole nitrogens is 1. The van der Waals surface area contributed by atoms with Gasteiger partial charge in [-0.15, -0.1) is 0 Å². The fraction of sp³-hybridized carbons (Fsp3) is 0.0909. The van der Waals surface area contributed by atoms with Crippen LogP contribution in [0.4, 0.5) is 0 Å². The van der Waals surface area contributed by atoms with Crippen LogP contribution in [0.2, 0.25) is 20.1 Å². The minimum atomic E-state index is -0.214. The lowest BCUT2D eigenvalue weighted by molar-refractivity contribution is 0.616.